The van der Waals surface area contributed by atoms with Crippen molar-refractivity contribution in [1.82, 2.24) is 0 Å². The third kappa shape index (κ3) is 3.81. The van der Waals surface area contributed by atoms with Gasteiger partial charge in [0.05, 0.1) is 12.2 Å². The van der Waals surface area contributed by atoms with Crippen molar-refractivity contribution in [2.75, 3.05) is 6.61 Å². The second-order valence-electron chi connectivity index (χ2n) is 4.12. The highest BCUT2D eigenvalue weighted by atomic mass is 35.5. The van der Waals surface area contributed by atoms with E-state index in [1.807, 2.05) is 0 Å². The molecule has 1 aromatic rings. The molecule has 0 spiro atoms. The van der Waals surface area contributed by atoms with Crippen LogP contribution in [0.5, 0.6) is 5.75 Å². The first-order valence-corrected chi connectivity index (χ1v) is 6.40. The summed E-state index contributed by atoms with van der Waals surface area (Å²) >= 11 is 5.92. The number of amidine groups is 1. The summed E-state index contributed by atoms with van der Waals surface area (Å²) < 4.78 is 5.73. The lowest BCUT2D eigenvalue weighted by Gasteiger charge is -2.16. The molecule has 0 aliphatic heterocycles. The van der Waals surface area contributed by atoms with Crippen molar-refractivity contribution in [2.24, 2.45) is 16.8 Å². The number of rotatable bonds is 6. The molecule has 4 nitrogen and oxygen atoms in total. The quantitative estimate of drug-likeness (QED) is 0.361. The molecule has 0 heterocycles. The topological polar surface area (TPSA) is 67.8 Å². The molecule has 0 aliphatic carbocycles. The zero-order chi connectivity index (χ0) is 13.5. The molecule has 0 amide bonds. The van der Waals surface area contributed by atoms with Crippen molar-refractivity contribution in [3.63, 3.8) is 0 Å². The molecule has 0 unspecified atom stereocenters. The van der Waals surface area contributed by atoms with E-state index >= 15 is 0 Å². The minimum atomic E-state index is 0.0196. The average molecular weight is 271 g/mol. The first kappa shape index (κ1) is 14.6. The number of hydrogen-bond donors (Lipinski definition) is 2. The minimum Gasteiger partial charge on any atom is -0.492 e. The molecular formula is C13H19ClN2O2. The van der Waals surface area contributed by atoms with E-state index < -0.39 is 0 Å². The second kappa shape index (κ2) is 7.11. The monoisotopic (exact) mass is 270 g/mol. The maximum atomic E-state index is 8.73. The third-order valence-electron chi connectivity index (χ3n) is 2.96. The first-order valence-electron chi connectivity index (χ1n) is 6.02. The Labute approximate surface area is 112 Å². The van der Waals surface area contributed by atoms with Gasteiger partial charge in [-0.3, -0.25) is 0 Å². The Kier molecular flexibility index (Phi) is 5.78. The van der Waals surface area contributed by atoms with Crippen molar-refractivity contribution in [3.8, 4) is 5.75 Å². The summed E-state index contributed by atoms with van der Waals surface area (Å²) in [5.74, 6) is 1.06. The van der Waals surface area contributed by atoms with Crippen LogP contribution in [-0.2, 0) is 0 Å². The summed E-state index contributed by atoms with van der Waals surface area (Å²) in [6.07, 6.45) is 2.10. The summed E-state index contributed by atoms with van der Waals surface area (Å²) in [5.41, 5.74) is 6.14. The molecule has 0 saturated carbocycles. The van der Waals surface area contributed by atoms with Gasteiger partial charge in [0.15, 0.2) is 5.84 Å². The molecule has 0 aliphatic rings. The second-order valence-corrected chi connectivity index (χ2v) is 4.56. The van der Waals surface area contributed by atoms with Crippen LogP contribution < -0.4 is 10.5 Å². The van der Waals surface area contributed by atoms with Gasteiger partial charge >= 0.3 is 0 Å². The number of ether oxygens (including phenoxy) is 1. The van der Waals surface area contributed by atoms with Crippen LogP contribution in [0.15, 0.2) is 23.4 Å². The van der Waals surface area contributed by atoms with Crippen molar-refractivity contribution in [2.45, 2.75) is 26.7 Å². The fourth-order valence-electron chi connectivity index (χ4n) is 1.61. The smallest absolute Gasteiger partial charge is 0.173 e. The molecule has 5 heteroatoms. The lowest BCUT2D eigenvalue weighted by molar-refractivity contribution is 0.240. The standard InChI is InChI=1S/C13H19ClN2O2/c1-3-9(4-2)8-18-12-7-10(14)5-6-11(12)13(15)16-17/h5-7,9,17H,3-4,8H2,1-2H3,(H2,15,16). The number of nitrogens with zero attached hydrogens (tertiary/aromatic N) is 1. The molecule has 0 bridgehead atoms. The highest BCUT2D eigenvalue weighted by molar-refractivity contribution is 6.30. The minimum absolute atomic E-state index is 0.0196. The molecule has 1 aromatic carbocycles. The maximum absolute atomic E-state index is 8.73. The Morgan fingerprint density at radius 2 is 2.11 bits per heavy atom. The molecule has 0 fully saturated rings. The molecule has 0 saturated heterocycles. The van der Waals surface area contributed by atoms with Crippen LogP contribution in [0.25, 0.3) is 0 Å². The molecule has 1 rings (SSSR count). The Bertz CT molecular complexity index is 417. The number of halogens is 1. The fourth-order valence-corrected chi connectivity index (χ4v) is 1.78. The van der Waals surface area contributed by atoms with Gasteiger partial charge in [0.2, 0.25) is 0 Å². The summed E-state index contributed by atoms with van der Waals surface area (Å²) in [7, 11) is 0. The van der Waals surface area contributed by atoms with Crippen LogP contribution >= 0.6 is 11.6 Å². The van der Waals surface area contributed by atoms with E-state index in [1.165, 1.54) is 0 Å². The van der Waals surface area contributed by atoms with Gasteiger partial charge in [0.1, 0.15) is 5.75 Å². The van der Waals surface area contributed by atoms with E-state index in [-0.39, 0.29) is 5.84 Å². The summed E-state index contributed by atoms with van der Waals surface area (Å²) in [6.45, 7) is 4.85. The number of oxime groups is 1. The van der Waals surface area contributed by atoms with E-state index in [2.05, 4.69) is 19.0 Å². The van der Waals surface area contributed by atoms with Crippen LogP contribution in [0.3, 0.4) is 0 Å². The van der Waals surface area contributed by atoms with Gasteiger partial charge < -0.3 is 15.7 Å². The van der Waals surface area contributed by atoms with Gasteiger partial charge in [-0.05, 0) is 24.1 Å². The largest absolute Gasteiger partial charge is 0.492 e. The predicted octanol–water partition coefficient (Wildman–Crippen LogP) is 3.25. The molecule has 18 heavy (non-hydrogen) atoms. The van der Waals surface area contributed by atoms with Crippen LogP contribution in [0.1, 0.15) is 32.3 Å². The van der Waals surface area contributed by atoms with E-state index in [1.54, 1.807) is 18.2 Å². The van der Waals surface area contributed by atoms with Crippen LogP contribution in [-0.4, -0.2) is 17.6 Å². The Morgan fingerprint density at radius 1 is 1.44 bits per heavy atom. The van der Waals surface area contributed by atoms with E-state index in [0.717, 1.165) is 12.8 Å². The molecule has 100 valence electrons. The number of nitrogens with two attached hydrogens (primary N) is 1. The Hall–Kier alpha value is -1.42. The lowest BCUT2D eigenvalue weighted by atomic mass is 10.1. The van der Waals surface area contributed by atoms with Gasteiger partial charge in [-0.2, -0.15) is 0 Å². The average Bonchev–Trinajstić information content (AvgIpc) is 2.39. The van der Waals surface area contributed by atoms with Gasteiger partial charge in [0.25, 0.3) is 0 Å². The Morgan fingerprint density at radius 3 is 2.67 bits per heavy atom. The molecule has 0 radical (unpaired) electrons. The van der Waals surface area contributed by atoms with Crippen LogP contribution in [0, 0.1) is 5.92 Å². The highest BCUT2D eigenvalue weighted by Gasteiger charge is 2.11. The summed E-state index contributed by atoms with van der Waals surface area (Å²) in [6, 6.07) is 5.04. The zero-order valence-corrected chi connectivity index (χ0v) is 11.4. The van der Waals surface area contributed by atoms with Crippen molar-refractivity contribution >= 4 is 17.4 Å². The van der Waals surface area contributed by atoms with E-state index in [0.29, 0.717) is 28.9 Å². The third-order valence-corrected chi connectivity index (χ3v) is 3.19. The lowest BCUT2D eigenvalue weighted by Crippen LogP contribution is -2.17. The normalized spacial score (nSPS) is 11.9. The van der Waals surface area contributed by atoms with Gasteiger partial charge in [-0.15, -0.1) is 0 Å². The highest BCUT2D eigenvalue weighted by Crippen LogP contribution is 2.24. The zero-order valence-electron chi connectivity index (χ0n) is 10.7. The summed E-state index contributed by atoms with van der Waals surface area (Å²) in [5, 5.41) is 12.3. The van der Waals surface area contributed by atoms with E-state index in [4.69, 9.17) is 27.3 Å². The fraction of sp³-hybridized carbons (Fsp3) is 0.462. The van der Waals surface area contributed by atoms with Crippen LogP contribution in [0.2, 0.25) is 5.02 Å². The summed E-state index contributed by atoms with van der Waals surface area (Å²) in [4.78, 5) is 0. The predicted molar refractivity (Wildman–Crippen MR) is 73.5 cm³/mol. The SMILES string of the molecule is CCC(CC)COc1cc(Cl)ccc1/C(N)=N/O. The first-order chi connectivity index (χ1) is 8.62. The Balaban J connectivity index is 2.89. The van der Waals surface area contributed by atoms with Crippen molar-refractivity contribution in [1.29, 1.82) is 0 Å². The number of benzene rings is 1. The van der Waals surface area contributed by atoms with E-state index in [9.17, 15) is 0 Å². The number of hydrogen-bond acceptors (Lipinski definition) is 3. The van der Waals surface area contributed by atoms with Crippen molar-refractivity contribution in [3.05, 3.63) is 28.8 Å². The molecular weight excluding hydrogens is 252 g/mol. The molecule has 3 N–H and O–H groups in total. The molecule has 0 atom stereocenters. The van der Waals surface area contributed by atoms with Crippen molar-refractivity contribution < 1.29 is 9.94 Å². The van der Waals surface area contributed by atoms with Gasteiger partial charge in [-0.1, -0.05) is 43.4 Å². The van der Waals surface area contributed by atoms with Crippen LogP contribution in [0.4, 0.5) is 0 Å². The maximum Gasteiger partial charge on any atom is 0.173 e. The van der Waals surface area contributed by atoms with Gasteiger partial charge in [-0.25, -0.2) is 0 Å². The van der Waals surface area contributed by atoms with Gasteiger partial charge in [0, 0.05) is 5.02 Å². The molecule has 0 aromatic heterocycles.